The monoisotopic (exact) mass is 319 g/mol. The molecular weight excluding hydrogens is 302 g/mol. The van der Waals surface area contributed by atoms with Gasteiger partial charge < -0.3 is 9.47 Å². The zero-order chi connectivity index (χ0) is 15.6. The Hall–Kier alpha value is -2.05. The van der Waals surface area contributed by atoms with Crippen LogP contribution in [0.15, 0.2) is 59.5 Å². The second-order valence-electron chi connectivity index (χ2n) is 5.10. The first kappa shape index (κ1) is 14.9. The number of hydrogen-bond acceptors (Lipinski definition) is 4. The minimum Gasteiger partial charge on any atom is -0.486 e. The molecule has 1 aliphatic heterocycles. The quantitative estimate of drug-likeness (QED) is 0.866. The second kappa shape index (κ2) is 5.98. The summed E-state index contributed by atoms with van der Waals surface area (Å²) in [4.78, 5) is 0.273. The molecule has 6 heteroatoms. The van der Waals surface area contributed by atoms with Crippen molar-refractivity contribution in [3.8, 4) is 11.5 Å². The molecular formula is C16H17NO4S. The zero-order valence-corrected chi connectivity index (χ0v) is 13.0. The number of hydrogen-bond donors (Lipinski definition) is 0. The van der Waals surface area contributed by atoms with Gasteiger partial charge in [0.15, 0.2) is 11.5 Å². The van der Waals surface area contributed by atoms with Crippen molar-refractivity contribution in [3.63, 3.8) is 0 Å². The van der Waals surface area contributed by atoms with Gasteiger partial charge in [-0.15, -0.1) is 0 Å². The third kappa shape index (κ3) is 2.93. The Morgan fingerprint density at radius 2 is 1.68 bits per heavy atom. The molecule has 0 radical (unpaired) electrons. The Morgan fingerprint density at radius 3 is 2.41 bits per heavy atom. The van der Waals surface area contributed by atoms with Crippen LogP contribution in [-0.2, 0) is 10.0 Å². The molecule has 1 aliphatic rings. The van der Waals surface area contributed by atoms with Gasteiger partial charge in [-0.05, 0) is 24.3 Å². The lowest BCUT2D eigenvalue weighted by Gasteiger charge is -2.29. The fourth-order valence-corrected chi connectivity index (χ4v) is 3.53. The number of rotatable bonds is 4. The molecule has 0 saturated heterocycles. The lowest BCUT2D eigenvalue weighted by molar-refractivity contribution is 0.0798. The lowest BCUT2D eigenvalue weighted by atomic mass is 10.2. The third-order valence-corrected chi connectivity index (χ3v) is 5.32. The van der Waals surface area contributed by atoms with Crippen LogP contribution in [0.4, 0.5) is 0 Å². The predicted octanol–water partition coefficient (Wildman–Crippen LogP) is 2.15. The van der Waals surface area contributed by atoms with E-state index in [1.165, 1.54) is 4.31 Å². The molecule has 1 atom stereocenters. The summed E-state index contributed by atoms with van der Waals surface area (Å²) >= 11 is 0. The molecule has 5 nitrogen and oxygen atoms in total. The fraction of sp³-hybridized carbons (Fsp3) is 0.250. The summed E-state index contributed by atoms with van der Waals surface area (Å²) in [6, 6.07) is 15.7. The molecule has 3 rings (SSSR count). The number of ether oxygens (including phenoxy) is 2. The first-order valence-corrected chi connectivity index (χ1v) is 8.41. The molecule has 116 valence electrons. The van der Waals surface area contributed by atoms with E-state index >= 15 is 0 Å². The Morgan fingerprint density at radius 1 is 1.05 bits per heavy atom. The van der Waals surface area contributed by atoms with Crippen LogP contribution in [0.25, 0.3) is 0 Å². The van der Waals surface area contributed by atoms with Crippen molar-refractivity contribution in [2.24, 2.45) is 0 Å². The number of para-hydroxylation sites is 2. The van der Waals surface area contributed by atoms with Gasteiger partial charge in [0.25, 0.3) is 0 Å². The number of sulfonamides is 1. The maximum atomic E-state index is 12.5. The highest BCUT2D eigenvalue weighted by Gasteiger charge is 2.27. The first-order chi connectivity index (χ1) is 10.6. The van der Waals surface area contributed by atoms with Crippen molar-refractivity contribution in [3.05, 3.63) is 54.6 Å². The van der Waals surface area contributed by atoms with Crippen LogP contribution in [0.1, 0.15) is 0 Å². The summed E-state index contributed by atoms with van der Waals surface area (Å²) in [5.74, 6) is 1.33. The molecule has 0 bridgehead atoms. The molecule has 0 N–H and O–H groups in total. The van der Waals surface area contributed by atoms with E-state index in [9.17, 15) is 8.42 Å². The van der Waals surface area contributed by atoms with Crippen molar-refractivity contribution in [2.45, 2.75) is 11.0 Å². The summed E-state index contributed by atoms with van der Waals surface area (Å²) in [7, 11) is -1.97. The van der Waals surface area contributed by atoms with E-state index in [-0.39, 0.29) is 17.5 Å². The van der Waals surface area contributed by atoms with Crippen LogP contribution in [0.2, 0.25) is 0 Å². The summed E-state index contributed by atoms with van der Waals surface area (Å²) < 4.78 is 37.7. The van der Waals surface area contributed by atoms with Crippen LogP contribution in [0.5, 0.6) is 11.5 Å². The Bertz CT molecular complexity index is 746. The highest BCUT2D eigenvalue weighted by molar-refractivity contribution is 7.89. The second-order valence-corrected chi connectivity index (χ2v) is 7.14. The number of likely N-dealkylation sites (N-methyl/N-ethyl adjacent to an activating group) is 1. The molecule has 0 aliphatic carbocycles. The Kier molecular flexibility index (Phi) is 4.04. The van der Waals surface area contributed by atoms with Crippen molar-refractivity contribution in [2.75, 3.05) is 20.2 Å². The van der Waals surface area contributed by atoms with Gasteiger partial charge in [0, 0.05) is 7.05 Å². The SMILES string of the molecule is CN(CC1COc2ccccc2O1)S(=O)(=O)c1ccccc1. The maximum absolute atomic E-state index is 12.5. The maximum Gasteiger partial charge on any atom is 0.242 e. The minimum absolute atomic E-state index is 0.228. The van der Waals surface area contributed by atoms with Crippen molar-refractivity contribution in [1.82, 2.24) is 4.31 Å². The van der Waals surface area contributed by atoms with E-state index < -0.39 is 10.0 Å². The average molecular weight is 319 g/mol. The standard InChI is InChI=1S/C16H17NO4S/c1-17(22(18,19)14-7-3-2-4-8-14)11-13-12-20-15-9-5-6-10-16(15)21-13/h2-10,13H,11-12H2,1H3. The molecule has 1 unspecified atom stereocenters. The average Bonchev–Trinajstić information content (AvgIpc) is 2.55. The summed E-state index contributed by atoms with van der Waals surface area (Å²) in [6.45, 7) is 0.553. The Balaban J connectivity index is 1.72. The van der Waals surface area contributed by atoms with Crippen molar-refractivity contribution >= 4 is 10.0 Å². The van der Waals surface area contributed by atoms with Crippen LogP contribution in [0.3, 0.4) is 0 Å². The Labute approximate surface area is 130 Å². The molecule has 0 aromatic heterocycles. The van der Waals surface area contributed by atoms with Gasteiger partial charge in [0.2, 0.25) is 10.0 Å². The molecule has 2 aromatic carbocycles. The van der Waals surface area contributed by atoms with E-state index in [2.05, 4.69) is 0 Å². The molecule has 0 saturated carbocycles. The van der Waals surface area contributed by atoms with Gasteiger partial charge >= 0.3 is 0 Å². The third-order valence-electron chi connectivity index (χ3n) is 3.48. The summed E-state index contributed by atoms with van der Waals surface area (Å²) in [6.07, 6.45) is -0.335. The van der Waals surface area contributed by atoms with E-state index in [1.54, 1.807) is 37.4 Å². The van der Waals surface area contributed by atoms with Crippen LogP contribution < -0.4 is 9.47 Å². The van der Waals surface area contributed by atoms with Crippen molar-refractivity contribution < 1.29 is 17.9 Å². The van der Waals surface area contributed by atoms with Crippen LogP contribution in [-0.4, -0.2) is 39.0 Å². The van der Waals surface area contributed by atoms with Gasteiger partial charge in [0.05, 0.1) is 11.4 Å². The topological polar surface area (TPSA) is 55.8 Å². The first-order valence-electron chi connectivity index (χ1n) is 6.97. The predicted molar refractivity (Wildman–Crippen MR) is 82.6 cm³/mol. The molecule has 22 heavy (non-hydrogen) atoms. The van der Waals surface area contributed by atoms with E-state index in [0.29, 0.717) is 18.1 Å². The van der Waals surface area contributed by atoms with E-state index in [0.717, 1.165) is 0 Å². The highest BCUT2D eigenvalue weighted by Crippen LogP contribution is 2.31. The summed E-state index contributed by atoms with van der Waals surface area (Å²) in [5, 5.41) is 0. The van der Waals surface area contributed by atoms with Gasteiger partial charge in [0.1, 0.15) is 12.7 Å². The smallest absolute Gasteiger partial charge is 0.242 e. The van der Waals surface area contributed by atoms with Gasteiger partial charge in [-0.25, -0.2) is 8.42 Å². The molecule has 0 fully saturated rings. The molecule has 0 amide bonds. The van der Waals surface area contributed by atoms with E-state index in [4.69, 9.17) is 9.47 Å². The van der Waals surface area contributed by atoms with E-state index in [1.807, 2.05) is 24.3 Å². The molecule has 1 heterocycles. The normalized spacial score (nSPS) is 17.5. The lowest BCUT2D eigenvalue weighted by Crippen LogP contribution is -2.41. The largest absolute Gasteiger partial charge is 0.486 e. The molecule has 2 aromatic rings. The van der Waals surface area contributed by atoms with Gasteiger partial charge in [-0.3, -0.25) is 0 Å². The minimum atomic E-state index is -3.52. The van der Waals surface area contributed by atoms with Crippen LogP contribution in [0, 0.1) is 0 Å². The summed E-state index contributed by atoms with van der Waals surface area (Å²) in [5.41, 5.74) is 0. The van der Waals surface area contributed by atoms with Crippen LogP contribution >= 0.6 is 0 Å². The highest BCUT2D eigenvalue weighted by atomic mass is 32.2. The van der Waals surface area contributed by atoms with Gasteiger partial charge in [-0.2, -0.15) is 4.31 Å². The molecule has 0 spiro atoms. The fourth-order valence-electron chi connectivity index (χ4n) is 2.31. The number of nitrogens with zero attached hydrogens (tertiary/aromatic N) is 1. The number of benzene rings is 2. The zero-order valence-electron chi connectivity index (χ0n) is 12.2. The van der Waals surface area contributed by atoms with Gasteiger partial charge in [-0.1, -0.05) is 30.3 Å². The number of fused-ring (bicyclic) bond motifs is 1. The van der Waals surface area contributed by atoms with Crippen molar-refractivity contribution in [1.29, 1.82) is 0 Å².